The number of ketones is 1. The number of rotatable bonds is 8. The summed E-state index contributed by atoms with van der Waals surface area (Å²) in [6.07, 6.45) is 1.26. The van der Waals surface area contributed by atoms with Gasteiger partial charge in [-0.3, -0.25) is 14.4 Å². The number of aliphatic hydroxyl groups excluding tert-OH is 1. The lowest BCUT2D eigenvalue weighted by Gasteiger charge is -2.34. The number of amides is 2. The molecule has 1 atom stereocenters. The third-order valence-corrected chi connectivity index (χ3v) is 6.61. The molecule has 2 aliphatic heterocycles. The van der Waals surface area contributed by atoms with Crippen molar-refractivity contribution >= 4 is 29.0 Å². The Kier molecular flexibility index (Phi) is 6.67. The molecule has 2 heterocycles. The minimum Gasteiger partial charge on any atom is -0.507 e. The number of ether oxygens (including phenoxy) is 1. The van der Waals surface area contributed by atoms with E-state index in [2.05, 4.69) is 0 Å². The normalized spacial score (nSPS) is 20.9. The zero-order chi connectivity index (χ0) is 25.3. The Balaban J connectivity index is 1.97. The van der Waals surface area contributed by atoms with Gasteiger partial charge in [0.2, 0.25) is 0 Å². The summed E-state index contributed by atoms with van der Waals surface area (Å²) in [6, 6.07) is 13.7. The van der Waals surface area contributed by atoms with Gasteiger partial charge in [0.15, 0.2) is 5.54 Å². The van der Waals surface area contributed by atoms with Crippen LogP contribution in [0.25, 0.3) is 5.76 Å². The first kappa shape index (κ1) is 24.5. The molecule has 0 aromatic heterocycles. The summed E-state index contributed by atoms with van der Waals surface area (Å²) in [7, 11) is 5.38. The molecule has 35 heavy (non-hydrogen) atoms. The van der Waals surface area contributed by atoms with Crippen molar-refractivity contribution in [3.8, 4) is 5.75 Å². The number of hydrogen-bond acceptors (Lipinski definition) is 6. The van der Waals surface area contributed by atoms with Crippen molar-refractivity contribution in [3.63, 3.8) is 0 Å². The molecule has 8 heteroatoms. The fourth-order valence-electron chi connectivity index (χ4n) is 5.05. The average Bonchev–Trinajstić information content (AvgIpc) is 3.23. The van der Waals surface area contributed by atoms with E-state index in [-0.39, 0.29) is 23.8 Å². The third kappa shape index (κ3) is 3.78. The lowest BCUT2D eigenvalue weighted by Crippen LogP contribution is -2.52. The number of likely N-dealkylation sites (tertiary alicyclic amines) is 1. The summed E-state index contributed by atoms with van der Waals surface area (Å²) < 4.78 is 5.20. The monoisotopic (exact) mass is 477 g/mol. The van der Waals surface area contributed by atoms with Gasteiger partial charge < -0.3 is 24.5 Å². The highest BCUT2D eigenvalue weighted by atomic mass is 16.5. The van der Waals surface area contributed by atoms with Crippen molar-refractivity contribution in [2.75, 3.05) is 45.7 Å². The Morgan fingerprint density at radius 3 is 2.34 bits per heavy atom. The molecule has 2 amide bonds. The van der Waals surface area contributed by atoms with Crippen LogP contribution in [0.1, 0.15) is 30.9 Å². The molecular weight excluding hydrogens is 446 g/mol. The average molecular weight is 478 g/mol. The first-order valence-electron chi connectivity index (χ1n) is 11.8. The minimum absolute atomic E-state index is 0.187. The van der Waals surface area contributed by atoms with Crippen LogP contribution < -0.4 is 9.64 Å². The molecule has 1 spiro atoms. The summed E-state index contributed by atoms with van der Waals surface area (Å²) in [5.41, 5.74) is -0.377. The number of nitrogens with zero attached hydrogens (tertiary/aromatic N) is 3. The summed E-state index contributed by atoms with van der Waals surface area (Å²) in [5, 5.41) is 11.4. The van der Waals surface area contributed by atoms with E-state index in [1.54, 1.807) is 41.3 Å². The smallest absolute Gasteiger partial charge is 0.296 e. The lowest BCUT2D eigenvalue weighted by atomic mass is 9.82. The number of carbonyl (C=O) groups excluding carboxylic acids is 3. The predicted octanol–water partition coefficient (Wildman–Crippen LogP) is 2.98. The third-order valence-electron chi connectivity index (χ3n) is 6.61. The Hall–Kier alpha value is -3.65. The minimum atomic E-state index is -1.71. The number of aliphatic hydroxyl groups is 1. The van der Waals surface area contributed by atoms with Gasteiger partial charge in [-0.15, -0.1) is 0 Å². The number of methoxy groups -OCH3 is 1. The molecule has 0 bridgehead atoms. The topological polar surface area (TPSA) is 90.4 Å². The van der Waals surface area contributed by atoms with Crippen molar-refractivity contribution in [1.29, 1.82) is 0 Å². The number of benzene rings is 2. The van der Waals surface area contributed by atoms with E-state index < -0.39 is 17.2 Å². The highest BCUT2D eigenvalue weighted by Gasteiger charge is 2.66. The van der Waals surface area contributed by atoms with Crippen LogP contribution in [0.4, 0.5) is 5.69 Å². The lowest BCUT2D eigenvalue weighted by molar-refractivity contribution is -0.143. The van der Waals surface area contributed by atoms with Gasteiger partial charge in [-0.05, 0) is 63.8 Å². The molecule has 2 aromatic carbocycles. The molecule has 0 radical (unpaired) electrons. The van der Waals surface area contributed by atoms with Crippen LogP contribution in [-0.2, 0) is 19.9 Å². The van der Waals surface area contributed by atoms with E-state index in [1.165, 1.54) is 12.0 Å². The van der Waals surface area contributed by atoms with E-state index in [0.29, 0.717) is 48.5 Å². The fraction of sp³-hybridized carbons (Fsp3) is 0.370. The van der Waals surface area contributed by atoms with Crippen molar-refractivity contribution in [2.24, 2.45) is 0 Å². The summed E-state index contributed by atoms with van der Waals surface area (Å²) in [6.45, 7) is 3.27. The molecule has 2 aromatic rings. The van der Waals surface area contributed by atoms with E-state index in [4.69, 9.17) is 4.74 Å². The zero-order valence-corrected chi connectivity index (χ0v) is 20.6. The number of para-hydroxylation sites is 1. The molecule has 1 saturated heterocycles. The SMILES string of the molecule is CCCN1C(=O)[C@]2(C(=C(O)c3ccc(OC)cc3)C(=O)C(=O)N2CCCN(C)C)c2ccccc21. The quantitative estimate of drug-likeness (QED) is 0.357. The van der Waals surface area contributed by atoms with Crippen LogP contribution >= 0.6 is 0 Å². The Bertz CT molecular complexity index is 1190. The maximum Gasteiger partial charge on any atom is 0.296 e. The highest BCUT2D eigenvalue weighted by Crippen LogP contribution is 2.53. The van der Waals surface area contributed by atoms with Gasteiger partial charge in [-0.25, -0.2) is 0 Å². The van der Waals surface area contributed by atoms with Crippen molar-refractivity contribution in [3.05, 3.63) is 65.2 Å². The van der Waals surface area contributed by atoms with Crippen LogP contribution in [-0.4, -0.2) is 73.3 Å². The fourth-order valence-corrected chi connectivity index (χ4v) is 5.05. The van der Waals surface area contributed by atoms with Gasteiger partial charge in [0, 0.05) is 24.2 Å². The van der Waals surface area contributed by atoms with E-state index in [1.807, 2.05) is 38.1 Å². The highest BCUT2D eigenvalue weighted by molar-refractivity contribution is 6.50. The number of anilines is 1. The second-order valence-corrected chi connectivity index (χ2v) is 9.08. The Morgan fingerprint density at radius 1 is 1.03 bits per heavy atom. The first-order chi connectivity index (χ1) is 16.8. The van der Waals surface area contributed by atoms with Crippen LogP contribution in [0.5, 0.6) is 5.75 Å². The molecule has 2 aliphatic rings. The molecule has 8 nitrogen and oxygen atoms in total. The first-order valence-corrected chi connectivity index (χ1v) is 11.8. The van der Waals surface area contributed by atoms with Gasteiger partial charge in [0.1, 0.15) is 11.5 Å². The standard InChI is InChI=1S/C27H31N3O5/c1-5-15-29-21-10-7-6-9-20(21)27(26(29)34)22(23(31)18-11-13-19(35-4)14-12-18)24(32)25(33)30(27)17-8-16-28(2)3/h6-7,9-14,31H,5,8,15-17H2,1-4H3/t27-/m1/s1. The van der Waals surface area contributed by atoms with Gasteiger partial charge in [0.25, 0.3) is 17.6 Å². The van der Waals surface area contributed by atoms with E-state index in [0.717, 1.165) is 0 Å². The maximum absolute atomic E-state index is 14.2. The number of hydrogen-bond donors (Lipinski definition) is 1. The van der Waals surface area contributed by atoms with Gasteiger partial charge >= 0.3 is 0 Å². The van der Waals surface area contributed by atoms with Gasteiger partial charge in [-0.1, -0.05) is 25.1 Å². The second kappa shape index (κ2) is 9.54. The summed E-state index contributed by atoms with van der Waals surface area (Å²) in [5.74, 6) is -1.82. The molecule has 0 saturated carbocycles. The molecular formula is C27H31N3O5. The number of carbonyl (C=O) groups is 3. The largest absolute Gasteiger partial charge is 0.507 e. The van der Waals surface area contributed by atoms with Crippen LogP contribution in [0.2, 0.25) is 0 Å². The second-order valence-electron chi connectivity index (χ2n) is 9.08. The molecule has 4 rings (SSSR count). The molecule has 1 N–H and O–H groups in total. The molecule has 0 aliphatic carbocycles. The van der Waals surface area contributed by atoms with Crippen LogP contribution in [0.15, 0.2) is 54.1 Å². The van der Waals surface area contributed by atoms with Crippen molar-refractivity contribution in [1.82, 2.24) is 9.80 Å². The van der Waals surface area contributed by atoms with E-state index >= 15 is 0 Å². The van der Waals surface area contributed by atoms with E-state index in [9.17, 15) is 19.5 Å². The van der Waals surface area contributed by atoms with Crippen molar-refractivity contribution in [2.45, 2.75) is 25.3 Å². The zero-order valence-electron chi connectivity index (χ0n) is 20.6. The molecule has 0 unspecified atom stereocenters. The summed E-state index contributed by atoms with van der Waals surface area (Å²) in [4.78, 5) is 46.2. The molecule has 1 fully saturated rings. The predicted molar refractivity (Wildman–Crippen MR) is 133 cm³/mol. The van der Waals surface area contributed by atoms with Crippen LogP contribution in [0, 0.1) is 0 Å². The maximum atomic E-state index is 14.2. The Morgan fingerprint density at radius 2 is 1.71 bits per heavy atom. The van der Waals surface area contributed by atoms with Crippen molar-refractivity contribution < 1.29 is 24.2 Å². The summed E-state index contributed by atoms with van der Waals surface area (Å²) >= 11 is 0. The Labute approximate surface area is 205 Å². The molecule has 184 valence electrons. The van der Waals surface area contributed by atoms with Gasteiger partial charge in [0.05, 0.1) is 18.4 Å². The van der Waals surface area contributed by atoms with Crippen LogP contribution in [0.3, 0.4) is 0 Å². The number of Topliss-reactive ketones (excluding diaryl/α,β-unsaturated/α-hetero) is 1. The van der Waals surface area contributed by atoms with Gasteiger partial charge in [-0.2, -0.15) is 0 Å². The number of fused-ring (bicyclic) bond motifs is 2.